The van der Waals surface area contributed by atoms with Crippen molar-refractivity contribution >= 4 is 11.7 Å². The molecule has 0 rings (SSSR count). The number of hydrogen-bond acceptors (Lipinski definition) is 3. The molecule has 98 valence electrons. The van der Waals surface area contributed by atoms with Crippen LogP contribution in [0.25, 0.3) is 0 Å². The highest BCUT2D eigenvalue weighted by molar-refractivity contribution is 6.34. The molecule has 0 fully saturated rings. The topological polar surface area (TPSA) is 61.7 Å². The highest BCUT2D eigenvalue weighted by Gasteiger charge is 1.99. The Labute approximate surface area is 104 Å². The van der Waals surface area contributed by atoms with Crippen molar-refractivity contribution in [2.45, 2.75) is 51.9 Å². The molecule has 0 heterocycles. The molecule has 0 aromatic heterocycles. The average molecular weight is 240 g/mol. The fourth-order valence-electron chi connectivity index (χ4n) is 1.42. The highest BCUT2D eigenvalue weighted by atomic mass is 16.4. The van der Waals surface area contributed by atoms with E-state index >= 15 is 0 Å². The summed E-state index contributed by atoms with van der Waals surface area (Å²) < 4.78 is 0. The van der Waals surface area contributed by atoms with Crippen LogP contribution >= 0.6 is 0 Å². The van der Waals surface area contributed by atoms with E-state index in [9.17, 15) is 4.79 Å². The SMILES string of the molecule is C=CCCCCCCCCNN=C(C)C(=O)O. The zero-order chi connectivity index (χ0) is 12.9. The molecule has 2 N–H and O–H groups in total. The highest BCUT2D eigenvalue weighted by Crippen LogP contribution is 2.06. The molecule has 17 heavy (non-hydrogen) atoms. The van der Waals surface area contributed by atoms with Crippen LogP contribution in [0.15, 0.2) is 17.8 Å². The molecule has 0 aliphatic rings. The summed E-state index contributed by atoms with van der Waals surface area (Å²) in [5.74, 6) is -0.972. The molecule has 0 unspecified atom stereocenters. The zero-order valence-corrected chi connectivity index (χ0v) is 10.7. The second-order valence-corrected chi connectivity index (χ2v) is 4.11. The van der Waals surface area contributed by atoms with Gasteiger partial charge in [0.05, 0.1) is 0 Å². The molecule has 0 amide bonds. The molecule has 0 aromatic rings. The van der Waals surface area contributed by atoms with E-state index in [1.807, 2.05) is 6.08 Å². The van der Waals surface area contributed by atoms with Crippen LogP contribution in [0.5, 0.6) is 0 Å². The number of rotatable bonds is 11. The minimum atomic E-state index is -0.972. The van der Waals surface area contributed by atoms with Crippen LogP contribution in [0.4, 0.5) is 0 Å². The number of carboxylic acid groups (broad SMARTS) is 1. The maximum atomic E-state index is 10.4. The van der Waals surface area contributed by atoms with Gasteiger partial charge in [0.15, 0.2) is 0 Å². The molecule has 4 heteroatoms. The number of carbonyl (C=O) groups is 1. The predicted molar refractivity (Wildman–Crippen MR) is 71.3 cm³/mol. The van der Waals surface area contributed by atoms with Gasteiger partial charge in [0, 0.05) is 6.54 Å². The van der Waals surface area contributed by atoms with Crippen LogP contribution in [0.3, 0.4) is 0 Å². The number of allylic oxidation sites excluding steroid dienone is 1. The van der Waals surface area contributed by atoms with E-state index in [-0.39, 0.29) is 5.71 Å². The smallest absolute Gasteiger partial charge is 0.351 e. The normalized spacial score (nSPS) is 11.2. The van der Waals surface area contributed by atoms with Gasteiger partial charge in [0.2, 0.25) is 0 Å². The third-order valence-corrected chi connectivity index (χ3v) is 2.50. The first-order valence-electron chi connectivity index (χ1n) is 6.29. The first-order chi connectivity index (χ1) is 8.18. The summed E-state index contributed by atoms with van der Waals surface area (Å²) in [6, 6.07) is 0. The lowest BCUT2D eigenvalue weighted by atomic mass is 10.1. The summed E-state index contributed by atoms with van der Waals surface area (Å²) in [5.41, 5.74) is 2.88. The second kappa shape index (κ2) is 11.2. The van der Waals surface area contributed by atoms with Crippen LogP contribution in [0, 0.1) is 0 Å². The van der Waals surface area contributed by atoms with Crippen LogP contribution in [-0.2, 0) is 4.79 Å². The summed E-state index contributed by atoms with van der Waals surface area (Å²) in [4.78, 5) is 10.4. The van der Waals surface area contributed by atoms with Crippen LogP contribution < -0.4 is 5.43 Å². The van der Waals surface area contributed by atoms with Crippen molar-refractivity contribution in [1.29, 1.82) is 0 Å². The van der Waals surface area contributed by atoms with Crippen molar-refractivity contribution in [3.8, 4) is 0 Å². The average Bonchev–Trinajstić information content (AvgIpc) is 2.31. The Morgan fingerprint density at radius 1 is 1.24 bits per heavy atom. The van der Waals surface area contributed by atoms with Gasteiger partial charge in [-0.3, -0.25) is 0 Å². The fourth-order valence-corrected chi connectivity index (χ4v) is 1.42. The van der Waals surface area contributed by atoms with Crippen molar-refractivity contribution in [3.63, 3.8) is 0 Å². The van der Waals surface area contributed by atoms with E-state index in [2.05, 4.69) is 17.1 Å². The summed E-state index contributed by atoms with van der Waals surface area (Å²) in [7, 11) is 0. The number of nitrogens with zero attached hydrogens (tertiary/aromatic N) is 1. The van der Waals surface area contributed by atoms with E-state index in [1.54, 1.807) is 0 Å². The molecule has 0 aromatic carbocycles. The van der Waals surface area contributed by atoms with E-state index in [1.165, 1.54) is 39.0 Å². The second-order valence-electron chi connectivity index (χ2n) is 4.11. The minimum absolute atomic E-state index is 0.106. The van der Waals surface area contributed by atoms with Gasteiger partial charge in [0.1, 0.15) is 5.71 Å². The summed E-state index contributed by atoms with van der Waals surface area (Å²) in [6.07, 6.45) is 10.3. The minimum Gasteiger partial charge on any atom is -0.477 e. The largest absolute Gasteiger partial charge is 0.477 e. The molecular weight excluding hydrogens is 216 g/mol. The molecule has 4 nitrogen and oxygen atoms in total. The van der Waals surface area contributed by atoms with Crippen molar-refractivity contribution in [3.05, 3.63) is 12.7 Å². The Morgan fingerprint density at radius 3 is 2.41 bits per heavy atom. The first-order valence-corrected chi connectivity index (χ1v) is 6.29. The molecule has 0 saturated heterocycles. The molecule has 0 radical (unpaired) electrons. The lowest BCUT2D eigenvalue weighted by molar-refractivity contribution is -0.129. The summed E-state index contributed by atoms with van der Waals surface area (Å²) in [5, 5.41) is 12.3. The molecule has 0 bridgehead atoms. The van der Waals surface area contributed by atoms with Gasteiger partial charge in [-0.25, -0.2) is 4.79 Å². The molecule has 0 aliphatic heterocycles. The van der Waals surface area contributed by atoms with Gasteiger partial charge in [-0.2, -0.15) is 5.10 Å². The quantitative estimate of drug-likeness (QED) is 0.252. The fraction of sp³-hybridized carbons (Fsp3) is 0.692. The van der Waals surface area contributed by atoms with Gasteiger partial charge < -0.3 is 10.5 Å². The number of aliphatic carboxylic acids is 1. The maximum absolute atomic E-state index is 10.4. The number of unbranched alkanes of at least 4 members (excludes halogenated alkanes) is 6. The summed E-state index contributed by atoms with van der Waals surface area (Å²) in [6.45, 7) is 5.92. The monoisotopic (exact) mass is 240 g/mol. The van der Waals surface area contributed by atoms with Gasteiger partial charge >= 0.3 is 5.97 Å². The molecule has 0 atom stereocenters. The number of hydrogen-bond donors (Lipinski definition) is 2. The van der Waals surface area contributed by atoms with Gasteiger partial charge in [0.25, 0.3) is 0 Å². The van der Waals surface area contributed by atoms with Crippen LogP contribution in [0.2, 0.25) is 0 Å². The molecular formula is C13H24N2O2. The van der Waals surface area contributed by atoms with Crippen LogP contribution in [-0.4, -0.2) is 23.3 Å². The Bertz CT molecular complexity index is 250. The maximum Gasteiger partial charge on any atom is 0.351 e. The van der Waals surface area contributed by atoms with Crippen molar-refractivity contribution < 1.29 is 9.90 Å². The van der Waals surface area contributed by atoms with Gasteiger partial charge in [-0.1, -0.05) is 31.8 Å². The van der Waals surface area contributed by atoms with Crippen molar-refractivity contribution in [1.82, 2.24) is 5.43 Å². The molecule has 0 saturated carbocycles. The van der Waals surface area contributed by atoms with E-state index in [4.69, 9.17) is 5.11 Å². The molecule has 0 aliphatic carbocycles. The third-order valence-electron chi connectivity index (χ3n) is 2.50. The third kappa shape index (κ3) is 11.0. The molecule has 0 spiro atoms. The predicted octanol–water partition coefficient (Wildman–Crippen LogP) is 2.95. The lowest BCUT2D eigenvalue weighted by Crippen LogP contribution is -2.16. The Balaban J connectivity index is 3.21. The number of carboxylic acids is 1. The van der Waals surface area contributed by atoms with Gasteiger partial charge in [-0.15, -0.1) is 6.58 Å². The first kappa shape index (κ1) is 15.7. The lowest BCUT2D eigenvalue weighted by Gasteiger charge is -2.02. The van der Waals surface area contributed by atoms with Crippen LogP contribution in [0.1, 0.15) is 51.9 Å². The van der Waals surface area contributed by atoms with E-state index < -0.39 is 5.97 Å². The van der Waals surface area contributed by atoms with Gasteiger partial charge in [-0.05, 0) is 26.2 Å². The number of hydrazone groups is 1. The zero-order valence-electron chi connectivity index (χ0n) is 10.7. The Hall–Kier alpha value is -1.32. The Morgan fingerprint density at radius 2 is 1.82 bits per heavy atom. The standard InChI is InChI=1S/C13H24N2O2/c1-3-4-5-6-7-8-9-10-11-14-15-12(2)13(16)17/h3,14H,1,4-11H2,2H3,(H,16,17). The number of nitrogens with one attached hydrogen (secondary N) is 1. The summed E-state index contributed by atoms with van der Waals surface area (Å²) >= 11 is 0. The van der Waals surface area contributed by atoms with E-state index in [0.717, 1.165) is 19.4 Å². The van der Waals surface area contributed by atoms with E-state index in [0.29, 0.717) is 0 Å². The van der Waals surface area contributed by atoms with Crippen molar-refractivity contribution in [2.24, 2.45) is 5.10 Å². The van der Waals surface area contributed by atoms with Crippen molar-refractivity contribution in [2.75, 3.05) is 6.54 Å². The Kier molecular flexibility index (Phi) is 10.3.